The molecule has 9 heteroatoms. The van der Waals surface area contributed by atoms with Gasteiger partial charge in [-0.15, -0.1) is 11.3 Å². The highest BCUT2D eigenvalue weighted by Gasteiger charge is 2.18. The highest BCUT2D eigenvalue weighted by molar-refractivity contribution is 7.14. The van der Waals surface area contributed by atoms with E-state index in [1.807, 2.05) is 0 Å². The molecule has 0 bridgehead atoms. The van der Waals surface area contributed by atoms with Crippen LogP contribution in [-0.2, 0) is 16.1 Å². The van der Waals surface area contributed by atoms with Gasteiger partial charge in [-0.25, -0.2) is 4.79 Å². The standard InChI is InChI=1S/C14H14N2O6S/c1-7-10(4-8(5-17)22-7)14(20)21-6-11(18)16-13-9(12(15)19)2-3-23-13/h2-4,17H,5-6H2,1H3,(H2,15,19)(H,16,18). The number of nitrogens with two attached hydrogens (primary N) is 1. The van der Waals surface area contributed by atoms with Crippen LogP contribution in [0.15, 0.2) is 21.9 Å². The first-order valence-corrected chi connectivity index (χ1v) is 7.34. The molecule has 122 valence electrons. The lowest BCUT2D eigenvalue weighted by Gasteiger charge is -2.05. The van der Waals surface area contributed by atoms with Crippen LogP contribution in [0.25, 0.3) is 0 Å². The van der Waals surface area contributed by atoms with Gasteiger partial charge in [-0.05, 0) is 24.4 Å². The number of primary amides is 1. The summed E-state index contributed by atoms with van der Waals surface area (Å²) in [5.74, 6) is -1.50. The summed E-state index contributed by atoms with van der Waals surface area (Å²) in [5.41, 5.74) is 5.49. The zero-order valence-electron chi connectivity index (χ0n) is 12.1. The van der Waals surface area contributed by atoms with Crippen LogP contribution in [-0.4, -0.2) is 29.5 Å². The van der Waals surface area contributed by atoms with Gasteiger partial charge in [0.05, 0.1) is 5.56 Å². The van der Waals surface area contributed by atoms with E-state index < -0.39 is 24.4 Å². The summed E-state index contributed by atoms with van der Waals surface area (Å²) in [6.07, 6.45) is 0. The number of aryl methyl sites for hydroxylation is 1. The van der Waals surface area contributed by atoms with Gasteiger partial charge in [-0.3, -0.25) is 9.59 Å². The molecule has 2 heterocycles. The summed E-state index contributed by atoms with van der Waals surface area (Å²) >= 11 is 1.13. The molecule has 2 aromatic rings. The van der Waals surface area contributed by atoms with Crippen molar-refractivity contribution in [2.24, 2.45) is 5.73 Å². The summed E-state index contributed by atoms with van der Waals surface area (Å²) in [5, 5.41) is 13.3. The number of hydrogen-bond acceptors (Lipinski definition) is 7. The summed E-state index contributed by atoms with van der Waals surface area (Å²) in [7, 11) is 0. The lowest BCUT2D eigenvalue weighted by Crippen LogP contribution is -2.22. The number of rotatable bonds is 6. The Morgan fingerprint density at radius 2 is 2.13 bits per heavy atom. The van der Waals surface area contributed by atoms with E-state index in [0.717, 1.165) is 11.3 Å². The Labute approximate surface area is 134 Å². The number of nitrogens with one attached hydrogen (secondary N) is 1. The summed E-state index contributed by atoms with van der Waals surface area (Å²) in [6.45, 7) is 0.664. The summed E-state index contributed by atoms with van der Waals surface area (Å²) in [4.78, 5) is 34.8. The third-order valence-corrected chi connectivity index (χ3v) is 3.69. The molecule has 8 nitrogen and oxygen atoms in total. The van der Waals surface area contributed by atoms with Crippen LogP contribution in [0, 0.1) is 6.92 Å². The van der Waals surface area contributed by atoms with E-state index in [4.69, 9.17) is 20.0 Å². The number of anilines is 1. The Balaban J connectivity index is 1.93. The highest BCUT2D eigenvalue weighted by Crippen LogP contribution is 2.22. The van der Waals surface area contributed by atoms with Crippen molar-refractivity contribution in [3.05, 3.63) is 40.2 Å². The molecule has 2 rings (SSSR count). The average molecular weight is 338 g/mol. The van der Waals surface area contributed by atoms with Crippen molar-refractivity contribution < 1.29 is 28.6 Å². The van der Waals surface area contributed by atoms with Crippen LogP contribution in [0.1, 0.15) is 32.2 Å². The third-order valence-electron chi connectivity index (χ3n) is 2.86. The van der Waals surface area contributed by atoms with E-state index in [1.54, 1.807) is 12.3 Å². The SMILES string of the molecule is Cc1oc(CO)cc1C(=O)OCC(=O)Nc1sccc1C(N)=O. The second-order valence-electron chi connectivity index (χ2n) is 4.49. The predicted octanol–water partition coefficient (Wildman–Crippen LogP) is 1.04. The van der Waals surface area contributed by atoms with Gasteiger partial charge in [-0.2, -0.15) is 0 Å². The monoisotopic (exact) mass is 338 g/mol. The van der Waals surface area contributed by atoms with Crippen molar-refractivity contribution in [2.45, 2.75) is 13.5 Å². The number of carbonyl (C=O) groups is 3. The van der Waals surface area contributed by atoms with Crippen molar-refractivity contribution >= 4 is 34.1 Å². The third kappa shape index (κ3) is 3.96. The Morgan fingerprint density at radius 3 is 2.74 bits per heavy atom. The second-order valence-corrected chi connectivity index (χ2v) is 5.41. The van der Waals surface area contributed by atoms with Crippen molar-refractivity contribution in [3.8, 4) is 0 Å². The number of aliphatic hydroxyl groups is 1. The van der Waals surface area contributed by atoms with Gasteiger partial charge in [0.15, 0.2) is 6.61 Å². The molecule has 2 amide bonds. The Kier molecular flexibility index (Phi) is 5.14. The molecule has 0 aliphatic heterocycles. The molecule has 0 saturated heterocycles. The van der Waals surface area contributed by atoms with E-state index >= 15 is 0 Å². The summed E-state index contributed by atoms with van der Waals surface area (Å²) in [6, 6.07) is 2.83. The average Bonchev–Trinajstić information content (AvgIpc) is 3.11. The molecule has 23 heavy (non-hydrogen) atoms. The number of esters is 1. The Morgan fingerprint density at radius 1 is 1.39 bits per heavy atom. The topological polar surface area (TPSA) is 132 Å². The molecule has 4 N–H and O–H groups in total. The molecule has 0 aliphatic rings. The van der Waals surface area contributed by atoms with E-state index in [2.05, 4.69) is 5.32 Å². The summed E-state index contributed by atoms with van der Waals surface area (Å²) < 4.78 is 9.99. The van der Waals surface area contributed by atoms with Crippen LogP contribution >= 0.6 is 11.3 Å². The number of carbonyl (C=O) groups excluding carboxylic acids is 3. The lowest BCUT2D eigenvalue weighted by atomic mass is 10.2. The smallest absolute Gasteiger partial charge is 0.342 e. The quantitative estimate of drug-likeness (QED) is 0.674. The van der Waals surface area contributed by atoms with Gasteiger partial charge in [-0.1, -0.05) is 0 Å². The number of amides is 2. The highest BCUT2D eigenvalue weighted by atomic mass is 32.1. The van der Waals surface area contributed by atoms with E-state index in [1.165, 1.54) is 12.1 Å². The van der Waals surface area contributed by atoms with Gasteiger partial charge in [0.1, 0.15) is 28.7 Å². The van der Waals surface area contributed by atoms with Crippen LogP contribution in [0.3, 0.4) is 0 Å². The van der Waals surface area contributed by atoms with Gasteiger partial charge in [0, 0.05) is 0 Å². The number of hydrogen-bond donors (Lipinski definition) is 3. The molecule has 0 unspecified atom stereocenters. The molecular formula is C14H14N2O6S. The fourth-order valence-electron chi connectivity index (χ4n) is 1.80. The first-order chi connectivity index (χ1) is 10.9. The molecule has 0 aromatic carbocycles. The van der Waals surface area contributed by atoms with Gasteiger partial charge < -0.3 is 25.3 Å². The number of furan rings is 1. The van der Waals surface area contributed by atoms with Crippen molar-refractivity contribution in [1.82, 2.24) is 0 Å². The van der Waals surface area contributed by atoms with Crippen LogP contribution in [0.5, 0.6) is 0 Å². The van der Waals surface area contributed by atoms with Crippen molar-refractivity contribution in [2.75, 3.05) is 11.9 Å². The van der Waals surface area contributed by atoms with Crippen molar-refractivity contribution in [3.63, 3.8) is 0 Å². The largest absolute Gasteiger partial charge is 0.463 e. The normalized spacial score (nSPS) is 10.3. The minimum absolute atomic E-state index is 0.135. The zero-order valence-corrected chi connectivity index (χ0v) is 12.9. The van der Waals surface area contributed by atoms with E-state index in [-0.39, 0.29) is 29.3 Å². The van der Waals surface area contributed by atoms with Crippen LogP contribution < -0.4 is 11.1 Å². The molecule has 0 radical (unpaired) electrons. The maximum absolute atomic E-state index is 11.9. The first kappa shape index (κ1) is 16.7. The molecule has 2 aromatic heterocycles. The second kappa shape index (κ2) is 7.07. The number of thiophene rings is 1. The van der Waals surface area contributed by atoms with E-state index in [0.29, 0.717) is 5.00 Å². The first-order valence-electron chi connectivity index (χ1n) is 6.46. The molecule has 0 saturated carbocycles. The van der Waals surface area contributed by atoms with Gasteiger partial charge in [0.25, 0.3) is 11.8 Å². The maximum atomic E-state index is 11.9. The van der Waals surface area contributed by atoms with E-state index in [9.17, 15) is 14.4 Å². The predicted molar refractivity (Wildman–Crippen MR) is 81.1 cm³/mol. The molecule has 0 aliphatic carbocycles. The minimum atomic E-state index is -0.748. The Hall–Kier alpha value is -2.65. The van der Waals surface area contributed by atoms with Crippen LogP contribution in [0.2, 0.25) is 0 Å². The molecule has 0 spiro atoms. The fraction of sp³-hybridized carbons (Fsp3) is 0.214. The van der Waals surface area contributed by atoms with Gasteiger partial charge in [0.2, 0.25) is 0 Å². The van der Waals surface area contributed by atoms with Crippen molar-refractivity contribution in [1.29, 1.82) is 0 Å². The molecular weight excluding hydrogens is 324 g/mol. The van der Waals surface area contributed by atoms with Crippen LogP contribution in [0.4, 0.5) is 5.00 Å². The molecule has 0 fully saturated rings. The minimum Gasteiger partial charge on any atom is -0.463 e. The number of ether oxygens (including phenoxy) is 1. The maximum Gasteiger partial charge on any atom is 0.342 e. The number of aliphatic hydroxyl groups excluding tert-OH is 1. The van der Waals surface area contributed by atoms with Gasteiger partial charge >= 0.3 is 5.97 Å². The Bertz CT molecular complexity index is 748. The lowest BCUT2D eigenvalue weighted by molar-refractivity contribution is -0.119. The zero-order chi connectivity index (χ0) is 17.0. The molecule has 0 atom stereocenters. The fourth-order valence-corrected chi connectivity index (χ4v) is 2.60.